The van der Waals surface area contributed by atoms with Gasteiger partial charge in [0.25, 0.3) is 0 Å². The first kappa shape index (κ1) is 18.3. The molecular weight excluding hydrogens is 308 g/mol. The summed E-state index contributed by atoms with van der Waals surface area (Å²) in [5.74, 6) is 1.14. The van der Waals surface area contributed by atoms with Gasteiger partial charge in [0.1, 0.15) is 12.0 Å². The van der Waals surface area contributed by atoms with Crippen LogP contribution in [0.1, 0.15) is 45.0 Å². The third-order valence-electron chi connectivity index (χ3n) is 4.78. The van der Waals surface area contributed by atoms with Gasteiger partial charge in [-0.15, -0.1) is 11.8 Å². The van der Waals surface area contributed by atoms with Gasteiger partial charge in [-0.2, -0.15) is 0 Å². The second-order valence-electron chi connectivity index (χ2n) is 6.77. The highest BCUT2D eigenvalue weighted by atomic mass is 32.2. The predicted molar refractivity (Wildman–Crippen MR) is 95.6 cm³/mol. The number of rotatable bonds is 5. The maximum atomic E-state index is 12.1. The molecule has 0 amide bonds. The van der Waals surface area contributed by atoms with Crippen LogP contribution >= 0.6 is 11.8 Å². The lowest BCUT2D eigenvalue weighted by molar-refractivity contribution is -0.114. The van der Waals surface area contributed by atoms with Gasteiger partial charge in [-0.05, 0) is 29.9 Å². The zero-order valence-corrected chi connectivity index (χ0v) is 15.5. The monoisotopic (exact) mass is 336 g/mol. The van der Waals surface area contributed by atoms with Crippen molar-refractivity contribution in [1.29, 1.82) is 0 Å². The van der Waals surface area contributed by atoms with Crippen LogP contribution in [0.2, 0.25) is 0 Å². The van der Waals surface area contributed by atoms with Crippen LogP contribution in [0.25, 0.3) is 0 Å². The average Bonchev–Trinajstić information content (AvgIpc) is 2.54. The fourth-order valence-corrected chi connectivity index (χ4v) is 4.16. The molecule has 0 radical (unpaired) electrons. The van der Waals surface area contributed by atoms with Crippen LogP contribution in [0.4, 0.5) is 0 Å². The quantitative estimate of drug-likeness (QED) is 0.735. The first-order chi connectivity index (χ1) is 10.9. The molecule has 3 nitrogen and oxygen atoms in total. The minimum atomic E-state index is -0.277. The van der Waals surface area contributed by atoms with E-state index in [1.165, 1.54) is 0 Å². The summed E-state index contributed by atoms with van der Waals surface area (Å²) in [4.78, 5) is 12.1. The standard InChI is InChI=1S/C19H28O3S/c1-12(2)23-19-15(5)13(3)14(4)17(22-19)11-21-18(20)16-9-7-6-8-10-16/h6-10,12-15,17,19H,11H2,1-5H3/t13-,14+,15?,17?,19-/m0/s1. The van der Waals surface area contributed by atoms with Crippen LogP contribution in [-0.4, -0.2) is 29.4 Å². The van der Waals surface area contributed by atoms with E-state index < -0.39 is 0 Å². The molecule has 5 atom stereocenters. The van der Waals surface area contributed by atoms with Gasteiger partial charge in [0.15, 0.2) is 0 Å². The highest BCUT2D eigenvalue weighted by molar-refractivity contribution is 8.00. The number of thioether (sulfide) groups is 1. The van der Waals surface area contributed by atoms with Gasteiger partial charge in [-0.1, -0.05) is 52.8 Å². The molecule has 1 saturated heterocycles. The number of ether oxygens (including phenoxy) is 2. The molecule has 2 unspecified atom stereocenters. The molecule has 0 spiro atoms. The Morgan fingerprint density at radius 1 is 1.13 bits per heavy atom. The van der Waals surface area contributed by atoms with Gasteiger partial charge < -0.3 is 9.47 Å². The predicted octanol–water partition coefficient (Wildman–Crippen LogP) is 4.62. The van der Waals surface area contributed by atoms with Gasteiger partial charge in [0.05, 0.1) is 11.7 Å². The Balaban J connectivity index is 1.96. The Hall–Kier alpha value is -1.00. The number of carbonyl (C=O) groups is 1. The molecule has 0 saturated carbocycles. The van der Waals surface area contributed by atoms with Gasteiger partial charge >= 0.3 is 5.97 Å². The number of benzene rings is 1. The summed E-state index contributed by atoms with van der Waals surface area (Å²) < 4.78 is 11.8. The maximum absolute atomic E-state index is 12.1. The van der Waals surface area contributed by atoms with Crippen molar-refractivity contribution in [3.05, 3.63) is 35.9 Å². The average molecular weight is 336 g/mol. The zero-order chi connectivity index (χ0) is 17.0. The second-order valence-corrected chi connectivity index (χ2v) is 8.45. The molecule has 0 aliphatic carbocycles. The van der Waals surface area contributed by atoms with Crippen molar-refractivity contribution in [2.45, 2.75) is 51.4 Å². The van der Waals surface area contributed by atoms with Crippen LogP contribution in [0, 0.1) is 17.8 Å². The highest BCUT2D eigenvalue weighted by Gasteiger charge is 2.40. The third kappa shape index (κ3) is 4.74. The molecule has 1 aromatic carbocycles. The molecule has 23 heavy (non-hydrogen) atoms. The highest BCUT2D eigenvalue weighted by Crippen LogP contribution is 2.40. The summed E-state index contributed by atoms with van der Waals surface area (Å²) in [6, 6.07) is 9.12. The largest absolute Gasteiger partial charge is 0.459 e. The van der Waals surface area contributed by atoms with Crippen molar-refractivity contribution in [1.82, 2.24) is 0 Å². The summed E-state index contributed by atoms with van der Waals surface area (Å²) >= 11 is 1.86. The summed E-state index contributed by atoms with van der Waals surface area (Å²) in [5.41, 5.74) is 0.757. The van der Waals surface area contributed by atoms with Crippen LogP contribution in [0.3, 0.4) is 0 Å². The summed E-state index contributed by atoms with van der Waals surface area (Å²) in [6.07, 6.45) is -0.0369. The SMILES string of the molecule is CC(C)S[C@@H]1OC(COC(=O)c2ccccc2)[C@H](C)[C@H](C)C1C. The first-order valence-corrected chi connectivity index (χ1v) is 9.37. The first-order valence-electron chi connectivity index (χ1n) is 8.43. The van der Waals surface area contributed by atoms with E-state index in [4.69, 9.17) is 9.47 Å². The molecule has 1 aliphatic heterocycles. The fraction of sp³-hybridized carbons (Fsp3) is 0.632. The summed E-state index contributed by atoms with van der Waals surface area (Å²) in [6.45, 7) is 11.4. The Morgan fingerprint density at radius 2 is 1.78 bits per heavy atom. The molecule has 0 N–H and O–H groups in total. The van der Waals surface area contributed by atoms with E-state index in [1.54, 1.807) is 12.1 Å². The van der Waals surface area contributed by atoms with Crippen LogP contribution in [0.5, 0.6) is 0 Å². The van der Waals surface area contributed by atoms with Gasteiger partial charge in [-0.3, -0.25) is 0 Å². The normalized spacial score (nSPS) is 31.1. The molecule has 0 bridgehead atoms. The van der Waals surface area contributed by atoms with E-state index in [-0.39, 0.29) is 17.5 Å². The second kappa shape index (κ2) is 8.20. The Morgan fingerprint density at radius 3 is 2.39 bits per heavy atom. The van der Waals surface area contributed by atoms with Gasteiger partial charge in [-0.25, -0.2) is 4.79 Å². The van der Waals surface area contributed by atoms with Crippen molar-refractivity contribution in [3.63, 3.8) is 0 Å². The molecule has 2 rings (SSSR count). The van der Waals surface area contributed by atoms with E-state index in [1.807, 2.05) is 30.0 Å². The Bertz CT molecular complexity index is 503. The maximum Gasteiger partial charge on any atom is 0.338 e. The Labute approximate surface area is 144 Å². The van der Waals surface area contributed by atoms with E-state index >= 15 is 0 Å². The van der Waals surface area contributed by atoms with Crippen molar-refractivity contribution in [2.24, 2.45) is 17.8 Å². The topological polar surface area (TPSA) is 35.5 Å². The van der Waals surface area contributed by atoms with E-state index in [2.05, 4.69) is 34.6 Å². The molecule has 1 aromatic rings. The van der Waals surface area contributed by atoms with E-state index in [0.29, 0.717) is 35.2 Å². The smallest absolute Gasteiger partial charge is 0.338 e. The molecule has 4 heteroatoms. The fourth-order valence-electron chi connectivity index (χ4n) is 2.92. The van der Waals surface area contributed by atoms with Crippen LogP contribution in [0.15, 0.2) is 30.3 Å². The van der Waals surface area contributed by atoms with Crippen LogP contribution < -0.4 is 0 Å². The van der Waals surface area contributed by atoms with Gasteiger partial charge in [0.2, 0.25) is 0 Å². The summed E-state index contributed by atoms with van der Waals surface area (Å²) in [7, 11) is 0. The van der Waals surface area contributed by atoms with E-state index in [0.717, 1.165) is 0 Å². The van der Waals surface area contributed by atoms with E-state index in [9.17, 15) is 4.79 Å². The lowest BCUT2D eigenvalue weighted by Gasteiger charge is -2.43. The molecule has 1 fully saturated rings. The minimum Gasteiger partial charge on any atom is -0.459 e. The lowest BCUT2D eigenvalue weighted by Crippen LogP contribution is -2.46. The van der Waals surface area contributed by atoms with Crippen molar-refractivity contribution in [3.8, 4) is 0 Å². The number of carbonyl (C=O) groups excluding carboxylic acids is 1. The zero-order valence-electron chi connectivity index (χ0n) is 14.7. The number of hydrogen-bond acceptors (Lipinski definition) is 4. The minimum absolute atomic E-state index is 0.0369. The van der Waals surface area contributed by atoms with Crippen molar-refractivity contribution in [2.75, 3.05) is 6.61 Å². The molecular formula is C19H28O3S. The molecule has 1 aliphatic rings. The van der Waals surface area contributed by atoms with Gasteiger partial charge in [0, 0.05) is 5.25 Å². The molecule has 0 aromatic heterocycles. The number of esters is 1. The van der Waals surface area contributed by atoms with Crippen molar-refractivity contribution >= 4 is 17.7 Å². The number of hydrogen-bond donors (Lipinski definition) is 0. The van der Waals surface area contributed by atoms with Crippen LogP contribution in [-0.2, 0) is 9.47 Å². The van der Waals surface area contributed by atoms with Crippen molar-refractivity contribution < 1.29 is 14.3 Å². The lowest BCUT2D eigenvalue weighted by atomic mass is 9.80. The molecule has 1 heterocycles. The molecule has 128 valence electrons. The third-order valence-corrected chi connectivity index (χ3v) is 6.13. The summed E-state index contributed by atoms with van der Waals surface area (Å²) in [5, 5.41) is 0.524. The Kier molecular flexibility index (Phi) is 6.54.